The molecule has 3 aromatic carbocycles. The normalized spacial score (nSPS) is 10.9. The maximum absolute atomic E-state index is 12.4. The van der Waals surface area contributed by atoms with Crippen molar-refractivity contribution < 1.29 is 51.5 Å². The second-order valence-corrected chi connectivity index (χ2v) is 5.95. The molecule has 0 saturated carbocycles. The van der Waals surface area contributed by atoms with Gasteiger partial charge in [0, 0.05) is 11.1 Å². The fourth-order valence-electron chi connectivity index (χ4n) is 2.29. The van der Waals surface area contributed by atoms with Gasteiger partial charge in [-0.15, -0.1) is 0 Å². The van der Waals surface area contributed by atoms with Crippen molar-refractivity contribution >= 4 is 27.0 Å². The predicted molar refractivity (Wildman–Crippen MR) is 86.0 cm³/mol. The van der Waals surface area contributed by atoms with Crippen molar-refractivity contribution in [2.24, 2.45) is 0 Å². The van der Waals surface area contributed by atoms with Crippen molar-refractivity contribution in [3.8, 4) is 5.75 Å². The van der Waals surface area contributed by atoms with Crippen molar-refractivity contribution in [1.29, 1.82) is 0 Å². The molecule has 1 N–H and O–H groups in total. The Labute approximate surface area is 161 Å². The molecule has 0 aliphatic heterocycles. The molecule has 0 fully saturated rings. The Hall–Kier alpha value is -1.70. The largest absolute Gasteiger partial charge is 1.00 e. The van der Waals surface area contributed by atoms with Crippen molar-refractivity contribution in [3.05, 3.63) is 77.9 Å². The summed E-state index contributed by atoms with van der Waals surface area (Å²) in [7, 11) is -4.56. The molecule has 0 aromatic heterocycles. The smallest absolute Gasteiger partial charge is 0.362 e. The van der Waals surface area contributed by atoms with Gasteiger partial charge in [0.2, 0.25) is 0 Å². The monoisotopic (exact) mass is 351 g/mol. The third kappa shape index (κ3) is 4.43. The summed E-state index contributed by atoms with van der Waals surface area (Å²) in [5, 5.41) is 1.45. The quantitative estimate of drug-likeness (QED) is 0.414. The van der Waals surface area contributed by atoms with Gasteiger partial charge in [0.15, 0.2) is 5.78 Å². The number of carbonyl (C=O) groups is 1. The molecule has 0 unspecified atom stereocenters. The first-order valence-electron chi connectivity index (χ1n) is 6.73. The molecule has 0 aliphatic rings. The molecule has 0 radical (unpaired) electrons. The Balaban J connectivity index is 0.00000208. The molecular weight excluding hydrogens is 339 g/mol. The van der Waals surface area contributed by atoms with Crippen molar-refractivity contribution in [3.63, 3.8) is 0 Å². The van der Waals surface area contributed by atoms with Crippen LogP contribution in [0.2, 0.25) is 0 Å². The van der Waals surface area contributed by atoms with E-state index in [-0.39, 0.29) is 41.1 Å². The summed E-state index contributed by atoms with van der Waals surface area (Å²) in [4.78, 5) is 12.4. The zero-order chi connectivity index (χ0) is 16.4. The predicted octanol–water partition coefficient (Wildman–Crippen LogP) is 0.256. The van der Waals surface area contributed by atoms with Gasteiger partial charge in [-0.3, -0.25) is 9.35 Å². The summed E-state index contributed by atoms with van der Waals surface area (Å²) in [5.41, 5.74) is 1.13. The first-order valence-corrected chi connectivity index (χ1v) is 8.09. The van der Waals surface area contributed by atoms with Crippen LogP contribution in [-0.2, 0) is 10.4 Å². The van der Waals surface area contributed by atoms with Crippen LogP contribution in [0.25, 0.3) is 10.8 Å². The molecule has 5 nitrogen and oxygen atoms in total. The van der Waals surface area contributed by atoms with Crippen molar-refractivity contribution in [2.75, 3.05) is 0 Å². The molecule has 0 spiro atoms. The Morgan fingerprint density at radius 1 is 0.833 bits per heavy atom. The molecule has 0 amide bonds. The van der Waals surface area contributed by atoms with Crippen LogP contribution in [0.15, 0.2) is 66.7 Å². The minimum atomic E-state index is -4.56. The molecule has 7 heteroatoms. The van der Waals surface area contributed by atoms with Gasteiger partial charge >= 0.3 is 40.0 Å². The number of rotatable bonds is 4. The van der Waals surface area contributed by atoms with E-state index in [1.807, 2.05) is 6.07 Å². The summed E-state index contributed by atoms with van der Waals surface area (Å²) >= 11 is 0. The fourth-order valence-corrected chi connectivity index (χ4v) is 2.64. The summed E-state index contributed by atoms with van der Waals surface area (Å²) in [6, 6.07) is 18.5. The van der Waals surface area contributed by atoms with Crippen LogP contribution in [0.1, 0.15) is 15.9 Å². The Morgan fingerprint density at radius 2 is 1.46 bits per heavy atom. The standard InChI is InChI=1S/C17H12O5S.Na/c18-17(12-4-2-1-3-5-12)15-7-6-14-11-16(22-23(19,20)21)9-8-13(14)10-15;/h1-11H,(H,19,20,21);/q;+1. The van der Waals surface area contributed by atoms with Crippen LogP contribution in [0, 0.1) is 0 Å². The van der Waals surface area contributed by atoms with E-state index in [1.165, 1.54) is 12.1 Å². The average Bonchev–Trinajstić information content (AvgIpc) is 2.53. The van der Waals surface area contributed by atoms with E-state index in [4.69, 9.17) is 4.55 Å². The molecule has 0 aliphatic carbocycles. The zero-order valence-corrected chi connectivity index (χ0v) is 15.7. The van der Waals surface area contributed by atoms with E-state index in [1.54, 1.807) is 48.5 Å². The van der Waals surface area contributed by atoms with E-state index in [2.05, 4.69) is 4.18 Å². The van der Waals surface area contributed by atoms with Gasteiger partial charge in [-0.25, -0.2) is 0 Å². The van der Waals surface area contributed by atoms with Gasteiger partial charge in [0.25, 0.3) is 0 Å². The number of ketones is 1. The maximum atomic E-state index is 12.4. The Bertz CT molecular complexity index is 984. The summed E-state index contributed by atoms with van der Waals surface area (Å²) in [5.74, 6) is -0.0899. The van der Waals surface area contributed by atoms with E-state index >= 15 is 0 Å². The Morgan fingerprint density at radius 3 is 2.12 bits per heavy atom. The summed E-state index contributed by atoms with van der Waals surface area (Å²) in [6.45, 7) is 0. The van der Waals surface area contributed by atoms with Gasteiger partial charge < -0.3 is 4.18 Å². The van der Waals surface area contributed by atoms with Gasteiger partial charge in [-0.05, 0) is 29.0 Å². The number of benzene rings is 3. The second kappa shape index (κ2) is 7.46. The molecule has 116 valence electrons. The van der Waals surface area contributed by atoms with Crippen LogP contribution < -0.4 is 33.7 Å². The van der Waals surface area contributed by atoms with Crippen molar-refractivity contribution in [1.82, 2.24) is 0 Å². The molecular formula is C17H12NaO5S+. The van der Waals surface area contributed by atoms with Gasteiger partial charge in [0.1, 0.15) is 5.75 Å². The molecule has 24 heavy (non-hydrogen) atoms. The van der Waals surface area contributed by atoms with E-state index < -0.39 is 10.4 Å². The average molecular weight is 351 g/mol. The van der Waals surface area contributed by atoms with Gasteiger partial charge in [-0.1, -0.05) is 48.5 Å². The molecule has 0 atom stereocenters. The maximum Gasteiger partial charge on any atom is 1.00 e. The molecule has 3 rings (SSSR count). The third-order valence-electron chi connectivity index (χ3n) is 3.31. The molecule has 0 saturated heterocycles. The number of fused-ring (bicyclic) bond motifs is 1. The second-order valence-electron chi connectivity index (χ2n) is 4.93. The third-order valence-corrected chi connectivity index (χ3v) is 3.71. The van der Waals surface area contributed by atoms with Crippen LogP contribution in [0.5, 0.6) is 5.75 Å². The van der Waals surface area contributed by atoms with Crippen LogP contribution in [-0.4, -0.2) is 18.8 Å². The number of hydrogen-bond donors (Lipinski definition) is 1. The van der Waals surface area contributed by atoms with Gasteiger partial charge in [-0.2, -0.15) is 8.42 Å². The van der Waals surface area contributed by atoms with Crippen LogP contribution >= 0.6 is 0 Å². The Kier molecular flexibility index (Phi) is 5.79. The van der Waals surface area contributed by atoms with E-state index in [9.17, 15) is 13.2 Å². The SMILES string of the molecule is O=C(c1ccccc1)c1ccc2cc(OS(=O)(=O)O)ccc2c1.[Na+]. The summed E-state index contributed by atoms with van der Waals surface area (Å²) < 4.78 is 34.6. The van der Waals surface area contributed by atoms with E-state index in [0.29, 0.717) is 16.5 Å². The first-order chi connectivity index (χ1) is 10.9. The fraction of sp³-hybridized carbons (Fsp3) is 0. The van der Waals surface area contributed by atoms with Crippen LogP contribution in [0.4, 0.5) is 0 Å². The van der Waals surface area contributed by atoms with E-state index in [0.717, 1.165) is 5.39 Å². The minimum absolute atomic E-state index is 0. The molecule has 0 bridgehead atoms. The molecule has 0 heterocycles. The van der Waals surface area contributed by atoms with Crippen molar-refractivity contribution in [2.45, 2.75) is 0 Å². The first kappa shape index (κ1) is 18.6. The summed E-state index contributed by atoms with van der Waals surface area (Å²) in [6.07, 6.45) is 0. The molecule has 3 aromatic rings. The zero-order valence-electron chi connectivity index (χ0n) is 12.8. The topological polar surface area (TPSA) is 80.7 Å². The minimum Gasteiger partial charge on any atom is -0.362 e. The van der Waals surface area contributed by atoms with Gasteiger partial charge in [0.05, 0.1) is 0 Å². The number of hydrogen-bond acceptors (Lipinski definition) is 4. The number of carbonyl (C=O) groups excluding carboxylic acids is 1. The van der Waals surface area contributed by atoms with Crippen LogP contribution in [0.3, 0.4) is 0 Å².